The largest absolute Gasteiger partial charge is 0.494 e. The molecule has 2 rings (SSSR count). The van der Waals surface area contributed by atoms with E-state index in [9.17, 15) is 14.4 Å². The minimum Gasteiger partial charge on any atom is -0.494 e. The third-order valence-corrected chi connectivity index (χ3v) is 4.36. The van der Waals surface area contributed by atoms with E-state index in [-0.39, 0.29) is 6.54 Å². The van der Waals surface area contributed by atoms with E-state index in [2.05, 4.69) is 16.2 Å². The summed E-state index contributed by atoms with van der Waals surface area (Å²) in [5, 5.41) is 2.49. The Morgan fingerprint density at radius 3 is 2.06 bits per heavy atom. The third-order valence-electron chi connectivity index (χ3n) is 4.36. The van der Waals surface area contributed by atoms with Crippen LogP contribution in [0.15, 0.2) is 42.5 Å². The minimum atomic E-state index is -0.867. The SMILES string of the molecule is CCOc1ccc(OC(C)C(=O)NNC(=O)CNC(=O)c2ccc(OCC)c(OCC)c2)cc1. The van der Waals surface area contributed by atoms with Gasteiger partial charge < -0.3 is 24.3 Å². The van der Waals surface area contributed by atoms with Gasteiger partial charge in [-0.05, 0) is 70.2 Å². The molecule has 0 aliphatic rings. The van der Waals surface area contributed by atoms with E-state index in [4.69, 9.17) is 18.9 Å². The van der Waals surface area contributed by atoms with Gasteiger partial charge in [-0.3, -0.25) is 25.2 Å². The quantitative estimate of drug-likeness (QED) is 0.404. The highest BCUT2D eigenvalue weighted by molar-refractivity contribution is 5.97. The molecular weight excluding hydrogens is 442 g/mol. The van der Waals surface area contributed by atoms with Gasteiger partial charge in [0.2, 0.25) is 0 Å². The summed E-state index contributed by atoms with van der Waals surface area (Å²) in [5.74, 6) is 0.510. The molecule has 10 heteroatoms. The summed E-state index contributed by atoms with van der Waals surface area (Å²) in [6.45, 7) is 8.18. The highest BCUT2D eigenvalue weighted by atomic mass is 16.5. The van der Waals surface area contributed by atoms with Gasteiger partial charge in [0.25, 0.3) is 17.7 Å². The van der Waals surface area contributed by atoms with Crippen molar-refractivity contribution in [1.82, 2.24) is 16.2 Å². The van der Waals surface area contributed by atoms with E-state index < -0.39 is 23.8 Å². The van der Waals surface area contributed by atoms with Crippen LogP contribution >= 0.6 is 0 Å². The molecule has 2 aromatic carbocycles. The standard InChI is InChI=1S/C24H31N3O7/c1-5-31-18-9-11-19(12-10-18)34-16(4)23(29)27-26-22(28)15-25-24(30)17-8-13-20(32-6-2)21(14-17)33-7-3/h8-14,16H,5-7,15H2,1-4H3,(H,25,30)(H,26,28)(H,27,29). The Kier molecular flexibility index (Phi) is 10.5. The summed E-state index contributed by atoms with van der Waals surface area (Å²) in [6.07, 6.45) is -0.867. The molecule has 2 aromatic rings. The normalized spacial score (nSPS) is 11.1. The number of hydrogen-bond acceptors (Lipinski definition) is 7. The van der Waals surface area contributed by atoms with E-state index >= 15 is 0 Å². The Labute approximate surface area is 198 Å². The van der Waals surface area contributed by atoms with Gasteiger partial charge in [-0.25, -0.2) is 0 Å². The minimum absolute atomic E-state index is 0.307. The molecule has 0 saturated carbocycles. The number of benzene rings is 2. The molecule has 3 amide bonds. The molecule has 184 valence electrons. The molecule has 10 nitrogen and oxygen atoms in total. The summed E-state index contributed by atoms with van der Waals surface area (Å²) in [4.78, 5) is 36.6. The van der Waals surface area contributed by atoms with Crippen LogP contribution in [0.4, 0.5) is 0 Å². The molecule has 0 spiro atoms. The maximum absolute atomic E-state index is 12.4. The molecule has 0 aliphatic heterocycles. The molecule has 1 atom stereocenters. The van der Waals surface area contributed by atoms with Crippen LogP contribution in [0, 0.1) is 0 Å². The Bertz CT molecular complexity index is 964. The first-order valence-electron chi connectivity index (χ1n) is 11.0. The fraction of sp³-hybridized carbons (Fsp3) is 0.375. The molecule has 0 aromatic heterocycles. The summed E-state index contributed by atoms with van der Waals surface area (Å²) in [7, 11) is 0. The topological polar surface area (TPSA) is 124 Å². The lowest BCUT2D eigenvalue weighted by Gasteiger charge is -2.15. The molecular formula is C24H31N3O7. The zero-order valence-electron chi connectivity index (χ0n) is 19.8. The highest BCUT2D eigenvalue weighted by Gasteiger charge is 2.16. The molecule has 0 bridgehead atoms. The van der Waals surface area contributed by atoms with E-state index in [1.165, 1.54) is 0 Å². The second-order valence-corrected chi connectivity index (χ2v) is 6.91. The van der Waals surface area contributed by atoms with Crippen LogP contribution in [-0.4, -0.2) is 50.2 Å². The molecule has 0 fully saturated rings. The van der Waals surface area contributed by atoms with Gasteiger partial charge >= 0.3 is 0 Å². The van der Waals surface area contributed by atoms with E-state index in [1.54, 1.807) is 49.4 Å². The van der Waals surface area contributed by atoms with Gasteiger partial charge in [-0.1, -0.05) is 0 Å². The fourth-order valence-electron chi connectivity index (χ4n) is 2.77. The zero-order valence-corrected chi connectivity index (χ0v) is 19.8. The number of ether oxygens (including phenoxy) is 4. The van der Waals surface area contributed by atoms with Crippen LogP contribution in [0.1, 0.15) is 38.1 Å². The molecule has 0 aliphatic carbocycles. The Hall–Kier alpha value is -3.95. The second kappa shape index (κ2) is 13.6. The van der Waals surface area contributed by atoms with Crippen molar-refractivity contribution in [2.24, 2.45) is 0 Å². The number of hydrogen-bond donors (Lipinski definition) is 3. The number of carbonyl (C=O) groups excluding carboxylic acids is 3. The molecule has 34 heavy (non-hydrogen) atoms. The summed E-state index contributed by atoms with van der Waals surface area (Å²) < 4.78 is 21.9. The lowest BCUT2D eigenvalue weighted by Crippen LogP contribution is -2.50. The van der Waals surface area contributed by atoms with Gasteiger partial charge in [0, 0.05) is 5.56 Å². The van der Waals surface area contributed by atoms with Crippen LogP contribution in [0.3, 0.4) is 0 Å². The molecule has 3 N–H and O–H groups in total. The van der Waals surface area contributed by atoms with Gasteiger partial charge in [-0.15, -0.1) is 0 Å². The van der Waals surface area contributed by atoms with Gasteiger partial charge in [0.15, 0.2) is 17.6 Å². The maximum atomic E-state index is 12.4. The lowest BCUT2D eigenvalue weighted by atomic mass is 10.2. The van der Waals surface area contributed by atoms with Gasteiger partial charge in [-0.2, -0.15) is 0 Å². The molecule has 1 unspecified atom stereocenters. The number of carbonyl (C=O) groups is 3. The lowest BCUT2D eigenvalue weighted by molar-refractivity contribution is -0.132. The monoisotopic (exact) mass is 473 g/mol. The first kappa shape index (κ1) is 26.3. The summed E-state index contributed by atoms with van der Waals surface area (Å²) in [6, 6.07) is 11.6. The average Bonchev–Trinajstić information content (AvgIpc) is 2.83. The van der Waals surface area contributed by atoms with Gasteiger partial charge in [0.1, 0.15) is 11.5 Å². The smallest absolute Gasteiger partial charge is 0.279 e. The Balaban J connectivity index is 1.79. The average molecular weight is 474 g/mol. The summed E-state index contributed by atoms with van der Waals surface area (Å²) in [5.41, 5.74) is 4.82. The van der Waals surface area contributed by atoms with Crippen molar-refractivity contribution >= 4 is 17.7 Å². The van der Waals surface area contributed by atoms with E-state index in [0.29, 0.717) is 48.4 Å². The third kappa shape index (κ3) is 8.19. The van der Waals surface area contributed by atoms with Crippen LogP contribution in [0.5, 0.6) is 23.0 Å². The fourth-order valence-corrected chi connectivity index (χ4v) is 2.77. The van der Waals surface area contributed by atoms with Crippen LogP contribution < -0.4 is 35.1 Å². The number of nitrogens with one attached hydrogen (secondary N) is 3. The van der Waals surface area contributed by atoms with Crippen LogP contribution in [-0.2, 0) is 9.59 Å². The van der Waals surface area contributed by atoms with Crippen molar-refractivity contribution in [3.63, 3.8) is 0 Å². The van der Waals surface area contributed by atoms with Crippen LogP contribution in [0.25, 0.3) is 0 Å². The van der Waals surface area contributed by atoms with Crippen molar-refractivity contribution in [2.75, 3.05) is 26.4 Å². The molecule has 0 radical (unpaired) electrons. The predicted molar refractivity (Wildman–Crippen MR) is 125 cm³/mol. The Morgan fingerprint density at radius 1 is 0.794 bits per heavy atom. The first-order valence-corrected chi connectivity index (χ1v) is 11.0. The highest BCUT2D eigenvalue weighted by Crippen LogP contribution is 2.28. The number of hydrazine groups is 1. The number of rotatable bonds is 12. The Morgan fingerprint density at radius 2 is 1.41 bits per heavy atom. The van der Waals surface area contributed by atoms with Crippen molar-refractivity contribution in [3.8, 4) is 23.0 Å². The van der Waals surface area contributed by atoms with Gasteiger partial charge in [0.05, 0.1) is 26.4 Å². The first-order chi connectivity index (χ1) is 16.4. The predicted octanol–water partition coefficient (Wildman–Crippen LogP) is 2.23. The van der Waals surface area contributed by atoms with E-state index in [0.717, 1.165) is 0 Å². The maximum Gasteiger partial charge on any atom is 0.279 e. The molecule has 0 heterocycles. The molecule has 0 saturated heterocycles. The van der Waals surface area contributed by atoms with Crippen molar-refractivity contribution in [2.45, 2.75) is 33.8 Å². The zero-order chi connectivity index (χ0) is 24.9. The number of amides is 3. The van der Waals surface area contributed by atoms with Crippen molar-refractivity contribution < 1.29 is 33.3 Å². The van der Waals surface area contributed by atoms with Crippen molar-refractivity contribution in [1.29, 1.82) is 0 Å². The summed E-state index contributed by atoms with van der Waals surface area (Å²) >= 11 is 0. The van der Waals surface area contributed by atoms with E-state index in [1.807, 2.05) is 20.8 Å². The van der Waals surface area contributed by atoms with Crippen molar-refractivity contribution in [3.05, 3.63) is 48.0 Å². The second-order valence-electron chi connectivity index (χ2n) is 6.91. The van der Waals surface area contributed by atoms with Crippen LogP contribution in [0.2, 0.25) is 0 Å².